The molecule has 1 unspecified atom stereocenters. The van der Waals surface area contributed by atoms with Gasteiger partial charge in [0.25, 0.3) is 0 Å². The maximum absolute atomic E-state index is 12.7. The number of hydrogen-bond donors (Lipinski definition) is 1. The molecular weight excluding hydrogens is 346 g/mol. The zero-order valence-electron chi connectivity index (χ0n) is 16.8. The minimum atomic E-state index is 0.0365. The summed E-state index contributed by atoms with van der Waals surface area (Å²) in [6.45, 7) is 6.04. The van der Waals surface area contributed by atoms with Gasteiger partial charge >= 0.3 is 6.03 Å². The minimum Gasteiger partial charge on any atom is -0.331 e. The van der Waals surface area contributed by atoms with Gasteiger partial charge in [0.2, 0.25) is 0 Å². The Morgan fingerprint density at radius 1 is 0.929 bits per heavy atom. The molecule has 0 saturated carbocycles. The second-order valence-electron chi connectivity index (χ2n) is 8.19. The summed E-state index contributed by atoms with van der Waals surface area (Å²) in [7, 11) is 0. The number of nitrogens with zero attached hydrogens (tertiary/aromatic N) is 2. The summed E-state index contributed by atoms with van der Waals surface area (Å²) in [4.78, 5) is 17.3. The Bertz CT molecular complexity index is 756. The smallest absolute Gasteiger partial charge is 0.317 e. The molecule has 1 N–H and O–H groups in total. The number of hydrogen-bond acceptors (Lipinski definition) is 2. The summed E-state index contributed by atoms with van der Waals surface area (Å²) in [5, 5.41) is 3.16. The number of likely N-dealkylation sites (tertiary alicyclic amines) is 2. The van der Waals surface area contributed by atoms with Crippen LogP contribution >= 0.6 is 0 Å². The third-order valence-corrected chi connectivity index (χ3v) is 6.41. The molecule has 2 saturated heterocycles. The van der Waals surface area contributed by atoms with Gasteiger partial charge in [-0.05, 0) is 56.3 Å². The van der Waals surface area contributed by atoms with E-state index in [1.807, 2.05) is 23.1 Å². The molecule has 2 aromatic carbocycles. The Hall–Kier alpha value is -2.33. The third-order valence-electron chi connectivity index (χ3n) is 6.41. The maximum atomic E-state index is 12.7. The second kappa shape index (κ2) is 8.78. The molecule has 2 atom stereocenters. The Kier molecular flexibility index (Phi) is 5.96. The normalized spacial score (nSPS) is 22.2. The zero-order chi connectivity index (χ0) is 19.3. The van der Waals surface area contributed by atoms with Gasteiger partial charge in [0.05, 0.1) is 6.04 Å². The van der Waals surface area contributed by atoms with Crippen LogP contribution in [-0.2, 0) is 0 Å². The molecule has 0 radical (unpaired) electrons. The van der Waals surface area contributed by atoms with E-state index >= 15 is 0 Å². The van der Waals surface area contributed by atoms with Crippen LogP contribution in [0.3, 0.4) is 0 Å². The SMILES string of the molecule is C[C@@H](NC(=O)N1CCC(N2CCC(c3ccccc3)CC2)C1)c1ccccc1. The molecule has 4 heteroatoms. The van der Waals surface area contributed by atoms with E-state index in [1.54, 1.807) is 0 Å². The van der Waals surface area contributed by atoms with Crippen LogP contribution in [0.2, 0.25) is 0 Å². The minimum absolute atomic E-state index is 0.0365. The van der Waals surface area contributed by atoms with Crippen molar-refractivity contribution < 1.29 is 4.79 Å². The van der Waals surface area contributed by atoms with E-state index in [-0.39, 0.29) is 12.1 Å². The molecule has 148 valence electrons. The lowest BCUT2D eigenvalue weighted by Gasteiger charge is -2.36. The van der Waals surface area contributed by atoms with Crippen LogP contribution in [0, 0.1) is 0 Å². The number of carbonyl (C=O) groups is 1. The van der Waals surface area contributed by atoms with Crippen LogP contribution in [0.25, 0.3) is 0 Å². The maximum Gasteiger partial charge on any atom is 0.317 e. The largest absolute Gasteiger partial charge is 0.331 e. The Morgan fingerprint density at radius 3 is 2.25 bits per heavy atom. The average Bonchev–Trinajstić information content (AvgIpc) is 3.26. The van der Waals surface area contributed by atoms with Crippen LogP contribution in [0.4, 0.5) is 4.79 Å². The number of piperidine rings is 1. The van der Waals surface area contributed by atoms with Crippen molar-refractivity contribution >= 4 is 6.03 Å². The molecule has 2 fully saturated rings. The van der Waals surface area contributed by atoms with E-state index in [0.29, 0.717) is 12.0 Å². The molecule has 0 spiro atoms. The highest BCUT2D eigenvalue weighted by Gasteiger charge is 2.33. The topological polar surface area (TPSA) is 35.6 Å². The first kappa shape index (κ1) is 19.0. The Morgan fingerprint density at radius 2 is 1.57 bits per heavy atom. The Labute approximate surface area is 168 Å². The van der Waals surface area contributed by atoms with E-state index in [2.05, 4.69) is 59.6 Å². The van der Waals surface area contributed by atoms with Gasteiger partial charge < -0.3 is 10.2 Å². The molecule has 28 heavy (non-hydrogen) atoms. The highest BCUT2D eigenvalue weighted by molar-refractivity contribution is 5.75. The fourth-order valence-electron chi connectivity index (χ4n) is 4.65. The predicted molar refractivity (Wildman–Crippen MR) is 113 cm³/mol. The van der Waals surface area contributed by atoms with Crippen molar-refractivity contribution in [1.82, 2.24) is 15.1 Å². The molecule has 4 rings (SSSR count). The molecule has 0 aromatic heterocycles. The van der Waals surface area contributed by atoms with Crippen molar-refractivity contribution in [2.24, 2.45) is 0 Å². The quantitative estimate of drug-likeness (QED) is 0.857. The number of nitrogens with one attached hydrogen (secondary N) is 1. The number of benzene rings is 2. The molecule has 2 aromatic rings. The van der Waals surface area contributed by atoms with Crippen LogP contribution in [0.5, 0.6) is 0 Å². The second-order valence-corrected chi connectivity index (χ2v) is 8.19. The van der Waals surface area contributed by atoms with E-state index < -0.39 is 0 Å². The Balaban J connectivity index is 1.26. The zero-order valence-corrected chi connectivity index (χ0v) is 16.8. The number of urea groups is 1. The van der Waals surface area contributed by atoms with Crippen LogP contribution in [0.1, 0.15) is 49.3 Å². The van der Waals surface area contributed by atoms with Gasteiger partial charge in [-0.1, -0.05) is 60.7 Å². The molecule has 0 aliphatic carbocycles. The monoisotopic (exact) mass is 377 g/mol. The predicted octanol–water partition coefficient (Wildman–Crippen LogP) is 4.41. The standard InChI is InChI=1S/C24H31N3O/c1-19(20-8-4-2-5-9-20)25-24(28)27-17-14-23(18-27)26-15-12-22(13-16-26)21-10-6-3-7-11-21/h2-11,19,22-23H,12-18H2,1H3,(H,25,28)/t19-,23?/m1/s1. The summed E-state index contributed by atoms with van der Waals surface area (Å²) in [5.74, 6) is 0.685. The molecular formula is C24H31N3O. The van der Waals surface area contributed by atoms with Crippen LogP contribution < -0.4 is 5.32 Å². The van der Waals surface area contributed by atoms with Gasteiger partial charge in [-0.25, -0.2) is 4.79 Å². The highest BCUT2D eigenvalue weighted by Crippen LogP contribution is 2.30. The number of rotatable bonds is 4. The van der Waals surface area contributed by atoms with E-state index in [0.717, 1.165) is 38.2 Å². The first-order chi connectivity index (χ1) is 13.7. The van der Waals surface area contributed by atoms with E-state index in [4.69, 9.17) is 0 Å². The number of amides is 2. The van der Waals surface area contributed by atoms with Gasteiger partial charge in [-0.2, -0.15) is 0 Å². The first-order valence-electron chi connectivity index (χ1n) is 10.6. The lowest BCUT2D eigenvalue weighted by molar-refractivity contribution is 0.151. The molecule has 2 aliphatic rings. The molecule has 2 aliphatic heterocycles. The van der Waals surface area contributed by atoms with Crippen molar-refractivity contribution in [2.75, 3.05) is 26.2 Å². The van der Waals surface area contributed by atoms with Gasteiger partial charge in [0.1, 0.15) is 0 Å². The van der Waals surface area contributed by atoms with Gasteiger partial charge in [0, 0.05) is 19.1 Å². The van der Waals surface area contributed by atoms with Crippen LogP contribution in [-0.4, -0.2) is 48.1 Å². The van der Waals surface area contributed by atoms with Crippen molar-refractivity contribution in [3.63, 3.8) is 0 Å². The summed E-state index contributed by atoms with van der Waals surface area (Å²) in [5.41, 5.74) is 2.62. The van der Waals surface area contributed by atoms with Crippen molar-refractivity contribution in [2.45, 2.75) is 44.2 Å². The van der Waals surface area contributed by atoms with E-state index in [1.165, 1.54) is 18.4 Å². The molecule has 2 heterocycles. The van der Waals surface area contributed by atoms with Crippen molar-refractivity contribution in [3.05, 3.63) is 71.8 Å². The fraction of sp³-hybridized carbons (Fsp3) is 0.458. The van der Waals surface area contributed by atoms with Gasteiger partial charge in [-0.3, -0.25) is 4.90 Å². The van der Waals surface area contributed by atoms with E-state index in [9.17, 15) is 4.79 Å². The summed E-state index contributed by atoms with van der Waals surface area (Å²) in [6, 6.07) is 21.7. The third kappa shape index (κ3) is 4.39. The molecule has 4 nitrogen and oxygen atoms in total. The van der Waals surface area contributed by atoms with Crippen molar-refractivity contribution in [1.29, 1.82) is 0 Å². The van der Waals surface area contributed by atoms with Gasteiger partial charge in [-0.15, -0.1) is 0 Å². The summed E-state index contributed by atoms with van der Waals surface area (Å²) < 4.78 is 0. The summed E-state index contributed by atoms with van der Waals surface area (Å²) in [6.07, 6.45) is 3.53. The molecule has 2 amide bonds. The fourth-order valence-corrected chi connectivity index (χ4v) is 4.65. The highest BCUT2D eigenvalue weighted by atomic mass is 16.2. The lowest BCUT2D eigenvalue weighted by Crippen LogP contribution is -2.45. The number of carbonyl (C=O) groups excluding carboxylic acids is 1. The first-order valence-corrected chi connectivity index (χ1v) is 10.6. The lowest BCUT2D eigenvalue weighted by atomic mass is 9.89. The van der Waals surface area contributed by atoms with Crippen molar-refractivity contribution in [3.8, 4) is 0 Å². The average molecular weight is 378 g/mol. The summed E-state index contributed by atoms with van der Waals surface area (Å²) >= 11 is 0. The van der Waals surface area contributed by atoms with Crippen LogP contribution in [0.15, 0.2) is 60.7 Å². The molecule has 0 bridgehead atoms. The van der Waals surface area contributed by atoms with Gasteiger partial charge in [0.15, 0.2) is 0 Å².